The third-order valence-corrected chi connectivity index (χ3v) is 4.05. The molecule has 0 aromatic carbocycles. The van der Waals surface area contributed by atoms with Crippen molar-refractivity contribution in [3.05, 3.63) is 23.4 Å². The molecule has 1 nitrogen and oxygen atoms in total. The monoisotopic (exact) mass is 205 g/mol. The van der Waals surface area contributed by atoms with Gasteiger partial charge in [0.05, 0.1) is 0 Å². The van der Waals surface area contributed by atoms with Crippen molar-refractivity contribution in [1.29, 1.82) is 0 Å². The van der Waals surface area contributed by atoms with Gasteiger partial charge in [0.2, 0.25) is 0 Å². The molecule has 1 atom stereocenters. The van der Waals surface area contributed by atoms with E-state index >= 15 is 0 Å². The molecule has 1 heterocycles. The van der Waals surface area contributed by atoms with Gasteiger partial charge in [0.15, 0.2) is 0 Å². The summed E-state index contributed by atoms with van der Waals surface area (Å²) in [6, 6.07) is 0.576. The van der Waals surface area contributed by atoms with E-state index in [-0.39, 0.29) is 0 Å². The van der Waals surface area contributed by atoms with Crippen molar-refractivity contribution >= 4 is 0 Å². The first-order valence-electron chi connectivity index (χ1n) is 6.31. The van der Waals surface area contributed by atoms with Crippen molar-refractivity contribution in [3.63, 3.8) is 0 Å². The Bertz CT molecular complexity index is 282. The molecule has 2 rings (SSSR count). The van der Waals surface area contributed by atoms with Crippen LogP contribution in [0, 0.1) is 5.92 Å². The van der Waals surface area contributed by atoms with Gasteiger partial charge in [-0.1, -0.05) is 25.3 Å². The molecule has 1 saturated carbocycles. The minimum absolute atomic E-state index is 0.576. The molecule has 1 unspecified atom stereocenters. The van der Waals surface area contributed by atoms with E-state index < -0.39 is 0 Å². The van der Waals surface area contributed by atoms with Crippen LogP contribution in [0.25, 0.3) is 0 Å². The van der Waals surface area contributed by atoms with E-state index in [4.69, 9.17) is 0 Å². The van der Waals surface area contributed by atoms with E-state index in [9.17, 15) is 0 Å². The molecule has 1 aliphatic heterocycles. The highest BCUT2D eigenvalue weighted by Crippen LogP contribution is 2.33. The van der Waals surface area contributed by atoms with Crippen LogP contribution in [0.5, 0.6) is 0 Å². The molecule has 0 radical (unpaired) electrons. The summed E-state index contributed by atoms with van der Waals surface area (Å²) in [5, 5.41) is 0. The van der Waals surface area contributed by atoms with Crippen molar-refractivity contribution in [2.75, 3.05) is 7.05 Å². The Labute approximate surface area is 93.9 Å². The number of nitrogens with zero attached hydrogens (tertiary/aromatic N) is 1. The topological polar surface area (TPSA) is 3.24 Å². The fourth-order valence-corrected chi connectivity index (χ4v) is 2.79. The summed E-state index contributed by atoms with van der Waals surface area (Å²) in [5.41, 5.74) is 3.03. The SMILES string of the molecule is CC1=CC(C2CCCCC2)=CC(C)N1C. The predicted octanol–water partition coefficient (Wildman–Crippen LogP) is 3.73. The van der Waals surface area contributed by atoms with Gasteiger partial charge in [-0.2, -0.15) is 0 Å². The quantitative estimate of drug-likeness (QED) is 0.630. The summed E-state index contributed by atoms with van der Waals surface area (Å²) in [7, 11) is 2.19. The number of allylic oxidation sites excluding steroid dienone is 3. The smallest absolute Gasteiger partial charge is 0.0444 e. The second-order valence-electron chi connectivity index (χ2n) is 5.14. The lowest BCUT2D eigenvalue weighted by Gasteiger charge is -2.33. The Kier molecular flexibility index (Phi) is 3.18. The molecule has 1 aliphatic carbocycles. The van der Waals surface area contributed by atoms with Crippen molar-refractivity contribution < 1.29 is 0 Å². The average molecular weight is 205 g/mol. The van der Waals surface area contributed by atoms with Crippen LogP contribution in [-0.2, 0) is 0 Å². The molecule has 1 heteroatoms. The van der Waals surface area contributed by atoms with Crippen LogP contribution in [0.3, 0.4) is 0 Å². The molecule has 15 heavy (non-hydrogen) atoms. The first-order valence-corrected chi connectivity index (χ1v) is 6.31. The fourth-order valence-electron chi connectivity index (χ4n) is 2.79. The predicted molar refractivity (Wildman–Crippen MR) is 65.6 cm³/mol. The van der Waals surface area contributed by atoms with Crippen LogP contribution in [0.4, 0.5) is 0 Å². The highest BCUT2D eigenvalue weighted by molar-refractivity contribution is 5.31. The lowest BCUT2D eigenvalue weighted by Crippen LogP contribution is -2.29. The van der Waals surface area contributed by atoms with Crippen LogP contribution in [-0.4, -0.2) is 18.0 Å². The summed E-state index contributed by atoms with van der Waals surface area (Å²) in [4.78, 5) is 2.35. The third-order valence-electron chi connectivity index (χ3n) is 4.05. The van der Waals surface area contributed by atoms with Crippen molar-refractivity contribution in [1.82, 2.24) is 4.90 Å². The Morgan fingerprint density at radius 1 is 1.20 bits per heavy atom. The molecule has 84 valence electrons. The molecule has 0 N–H and O–H groups in total. The molecular formula is C14H23N. The van der Waals surface area contributed by atoms with E-state index in [2.05, 4.69) is 37.9 Å². The Hall–Kier alpha value is -0.720. The van der Waals surface area contributed by atoms with Gasteiger partial charge in [-0.25, -0.2) is 0 Å². The van der Waals surface area contributed by atoms with Crippen LogP contribution in [0.1, 0.15) is 46.0 Å². The largest absolute Gasteiger partial charge is 0.372 e. The van der Waals surface area contributed by atoms with E-state index in [1.54, 1.807) is 5.57 Å². The maximum atomic E-state index is 2.46. The van der Waals surface area contributed by atoms with Gasteiger partial charge in [0.1, 0.15) is 0 Å². The minimum Gasteiger partial charge on any atom is -0.372 e. The van der Waals surface area contributed by atoms with Gasteiger partial charge < -0.3 is 4.90 Å². The van der Waals surface area contributed by atoms with Gasteiger partial charge in [-0.3, -0.25) is 0 Å². The fraction of sp³-hybridized carbons (Fsp3) is 0.714. The molecule has 0 spiro atoms. The van der Waals surface area contributed by atoms with E-state index in [0.717, 1.165) is 5.92 Å². The summed E-state index contributed by atoms with van der Waals surface area (Å²) in [5.74, 6) is 0.852. The first kappa shape index (κ1) is 10.8. The summed E-state index contributed by atoms with van der Waals surface area (Å²) < 4.78 is 0. The van der Waals surface area contributed by atoms with Crippen LogP contribution < -0.4 is 0 Å². The zero-order chi connectivity index (χ0) is 10.8. The third kappa shape index (κ3) is 2.27. The van der Waals surface area contributed by atoms with Crippen molar-refractivity contribution in [2.24, 2.45) is 5.92 Å². The van der Waals surface area contributed by atoms with E-state index in [1.165, 1.54) is 37.8 Å². The summed E-state index contributed by atoms with van der Waals surface area (Å²) in [6.45, 7) is 4.52. The molecule has 2 aliphatic rings. The number of hydrogen-bond acceptors (Lipinski definition) is 1. The summed E-state index contributed by atoms with van der Waals surface area (Å²) >= 11 is 0. The standard InChI is InChI=1S/C14H23N/c1-11-9-14(10-12(2)15(11)3)13-7-5-4-6-8-13/h9-11,13H,4-8H2,1-3H3. The van der Waals surface area contributed by atoms with Gasteiger partial charge in [-0.05, 0) is 44.3 Å². The maximum absolute atomic E-state index is 2.46. The Morgan fingerprint density at radius 2 is 1.87 bits per heavy atom. The number of hydrogen-bond donors (Lipinski definition) is 0. The van der Waals surface area contributed by atoms with E-state index in [1.807, 2.05) is 0 Å². The van der Waals surface area contributed by atoms with Crippen molar-refractivity contribution in [2.45, 2.75) is 52.0 Å². The van der Waals surface area contributed by atoms with Gasteiger partial charge >= 0.3 is 0 Å². The Morgan fingerprint density at radius 3 is 2.47 bits per heavy atom. The zero-order valence-corrected chi connectivity index (χ0v) is 10.3. The first-order chi connectivity index (χ1) is 7.18. The molecule has 0 bridgehead atoms. The Balaban J connectivity index is 2.12. The van der Waals surface area contributed by atoms with Gasteiger partial charge in [0.25, 0.3) is 0 Å². The van der Waals surface area contributed by atoms with Crippen LogP contribution >= 0.6 is 0 Å². The normalized spacial score (nSPS) is 28.7. The second kappa shape index (κ2) is 4.42. The van der Waals surface area contributed by atoms with Crippen molar-refractivity contribution in [3.8, 4) is 0 Å². The molecule has 0 aromatic rings. The number of likely N-dealkylation sites (N-methyl/N-ethyl adjacent to an activating group) is 1. The highest BCUT2D eigenvalue weighted by atomic mass is 15.1. The lowest BCUT2D eigenvalue weighted by molar-refractivity contribution is 0.351. The van der Waals surface area contributed by atoms with E-state index in [0.29, 0.717) is 6.04 Å². The zero-order valence-electron chi connectivity index (χ0n) is 10.3. The lowest BCUT2D eigenvalue weighted by atomic mass is 9.82. The van der Waals surface area contributed by atoms with Gasteiger partial charge in [0, 0.05) is 18.8 Å². The molecule has 0 amide bonds. The maximum Gasteiger partial charge on any atom is 0.0444 e. The minimum atomic E-state index is 0.576. The average Bonchev–Trinajstić information content (AvgIpc) is 2.26. The molecule has 1 fully saturated rings. The summed E-state index contributed by atoms with van der Waals surface area (Å²) in [6.07, 6.45) is 12.0. The highest BCUT2D eigenvalue weighted by Gasteiger charge is 2.21. The van der Waals surface area contributed by atoms with Gasteiger partial charge in [-0.15, -0.1) is 0 Å². The molecular weight excluding hydrogens is 182 g/mol. The molecule has 0 saturated heterocycles. The van der Waals surface area contributed by atoms with Crippen LogP contribution in [0.2, 0.25) is 0 Å². The van der Waals surface area contributed by atoms with Crippen LogP contribution in [0.15, 0.2) is 23.4 Å². The second-order valence-corrected chi connectivity index (χ2v) is 5.14. The number of rotatable bonds is 1. The molecule has 0 aromatic heterocycles.